The van der Waals surface area contributed by atoms with Gasteiger partial charge in [-0.05, 0) is 25.1 Å². The minimum absolute atomic E-state index is 0.0228. The number of hydrogen-bond donors (Lipinski definition) is 2. The lowest BCUT2D eigenvalue weighted by Crippen LogP contribution is -2.46. The van der Waals surface area contributed by atoms with Gasteiger partial charge in [-0.25, -0.2) is 14.4 Å². The summed E-state index contributed by atoms with van der Waals surface area (Å²) < 4.78 is 42.2. The first-order valence-electron chi connectivity index (χ1n) is 10.8. The Kier molecular flexibility index (Phi) is 6.30. The van der Waals surface area contributed by atoms with Crippen LogP contribution in [-0.4, -0.2) is 59.0 Å². The second-order valence-electron chi connectivity index (χ2n) is 8.38. The minimum Gasteiger partial charge on any atom is -0.368 e. The van der Waals surface area contributed by atoms with E-state index < -0.39 is 23.0 Å². The first kappa shape index (κ1) is 23.7. The number of aromatic amines is 1. The first-order valence-corrected chi connectivity index (χ1v) is 10.8. The van der Waals surface area contributed by atoms with E-state index >= 15 is 4.39 Å². The fourth-order valence-electron chi connectivity index (χ4n) is 4.11. The van der Waals surface area contributed by atoms with Gasteiger partial charge in [-0.1, -0.05) is 6.07 Å². The Morgan fingerprint density at radius 3 is 2.47 bits per heavy atom. The van der Waals surface area contributed by atoms with E-state index in [0.717, 1.165) is 11.4 Å². The van der Waals surface area contributed by atoms with Crippen LogP contribution >= 0.6 is 0 Å². The van der Waals surface area contributed by atoms with E-state index in [2.05, 4.69) is 30.1 Å². The zero-order chi connectivity index (χ0) is 24.6. The first-order chi connectivity index (χ1) is 16.1. The Bertz CT molecular complexity index is 1300. The highest BCUT2D eigenvalue weighted by atomic mass is 19.3. The highest BCUT2D eigenvalue weighted by Crippen LogP contribution is 2.26. The van der Waals surface area contributed by atoms with Gasteiger partial charge in [-0.2, -0.15) is 8.78 Å². The van der Waals surface area contributed by atoms with Gasteiger partial charge in [0.15, 0.2) is 11.5 Å². The Balaban J connectivity index is 1.47. The molecule has 0 aliphatic carbocycles. The SMILES string of the molecule is CNC(=O)c1ccc(N2CCN(Cc3ccc4nc(C(C)(F)F)c(=O)[nH]c4c3F)CC2)c(C)n1. The molecule has 2 N–H and O–H groups in total. The second kappa shape index (κ2) is 9.05. The molecule has 1 aliphatic rings. The van der Waals surface area contributed by atoms with Crippen LogP contribution in [0.25, 0.3) is 11.0 Å². The fourth-order valence-corrected chi connectivity index (χ4v) is 4.11. The van der Waals surface area contributed by atoms with Crippen molar-refractivity contribution in [3.05, 3.63) is 63.1 Å². The number of benzene rings is 1. The predicted octanol–water partition coefficient (Wildman–Crippen LogP) is 2.56. The third kappa shape index (κ3) is 4.60. The van der Waals surface area contributed by atoms with Gasteiger partial charge in [-0.3, -0.25) is 14.5 Å². The third-order valence-electron chi connectivity index (χ3n) is 5.93. The molecule has 1 saturated heterocycles. The summed E-state index contributed by atoms with van der Waals surface area (Å²) in [6, 6.07) is 6.52. The van der Waals surface area contributed by atoms with Crippen LogP contribution in [0, 0.1) is 12.7 Å². The van der Waals surface area contributed by atoms with Gasteiger partial charge < -0.3 is 15.2 Å². The number of hydrogen-bond acceptors (Lipinski definition) is 6. The molecule has 8 nitrogen and oxygen atoms in total. The molecular formula is C23H25F3N6O2. The summed E-state index contributed by atoms with van der Waals surface area (Å²) in [7, 11) is 1.56. The molecule has 11 heteroatoms. The lowest BCUT2D eigenvalue weighted by molar-refractivity contribution is 0.0115. The van der Waals surface area contributed by atoms with Crippen LogP contribution in [-0.2, 0) is 12.5 Å². The van der Waals surface area contributed by atoms with Crippen molar-refractivity contribution in [1.29, 1.82) is 0 Å². The van der Waals surface area contributed by atoms with Crippen molar-refractivity contribution in [2.45, 2.75) is 26.3 Å². The molecule has 0 saturated carbocycles. The highest BCUT2D eigenvalue weighted by molar-refractivity contribution is 5.92. The fraction of sp³-hybridized carbons (Fsp3) is 0.391. The van der Waals surface area contributed by atoms with Gasteiger partial charge >= 0.3 is 0 Å². The molecule has 1 amide bonds. The zero-order valence-electron chi connectivity index (χ0n) is 19.1. The number of aryl methyl sites for hydroxylation is 1. The predicted molar refractivity (Wildman–Crippen MR) is 122 cm³/mol. The minimum atomic E-state index is -3.42. The van der Waals surface area contributed by atoms with Crippen LogP contribution in [0.2, 0.25) is 0 Å². The number of piperazine rings is 1. The van der Waals surface area contributed by atoms with Gasteiger partial charge in [0, 0.05) is 52.3 Å². The van der Waals surface area contributed by atoms with E-state index in [1.807, 2.05) is 13.0 Å². The largest absolute Gasteiger partial charge is 0.368 e. The lowest BCUT2D eigenvalue weighted by atomic mass is 10.1. The quantitative estimate of drug-likeness (QED) is 0.591. The smallest absolute Gasteiger partial charge is 0.292 e. The number of carbonyl (C=O) groups is 1. The van der Waals surface area contributed by atoms with E-state index in [9.17, 15) is 18.4 Å². The van der Waals surface area contributed by atoms with Crippen molar-refractivity contribution in [3.63, 3.8) is 0 Å². The molecule has 0 unspecified atom stereocenters. The number of halogens is 3. The summed E-state index contributed by atoms with van der Waals surface area (Å²) in [5.41, 5.74) is 0.170. The van der Waals surface area contributed by atoms with Crippen LogP contribution in [0.5, 0.6) is 0 Å². The van der Waals surface area contributed by atoms with Gasteiger partial charge in [0.2, 0.25) is 0 Å². The van der Waals surface area contributed by atoms with Crippen molar-refractivity contribution >= 4 is 22.6 Å². The molecule has 0 bridgehead atoms. The number of amides is 1. The van der Waals surface area contributed by atoms with Gasteiger partial charge in [0.25, 0.3) is 17.4 Å². The van der Waals surface area contributed by atoms with Crippen molar-refractivity contribution in [2.75, 3.05) is 38.1 Å². The molecule has 180 valence electrons. The summed E-state index contributed by atoms with van der Waals surface area (Å²) in [6.07, 6.45) is 0. The standard InChI is InChI=1S/C23H25F3N6O2/c1-13-17(7-6-16(28-13)21(33)27-3)32-10-8-31(9-11-32)12-14-4-5-15-19(18(14)24)30-22(34)20(29-15)23(2,25)26/h4-7H,8-12H2,1-3H3,(H,27,33)(H,30,34). The molecule has 2 aromatic heterocycles. The summed E-state index contributed by atoms with van der Waals surface area (Å²) in [4.78, 5) is 38.3. The third-order valence-corrected chi connectivity index (χ3v) is 5.93. The van der Waals surface area contributed by atoms with Gasteiger partial charge in [0.05, 0.1) is 16.9 Å². The van der Waals surface area contributed by atoms with Crippen LogP contribution < -0.4 is 15.8 Å². The number of alkyl halides is 2. The molecule has 3 heterocycles. The molecule has 0 radical (unpaired) electrons. The number of aromatic nitrogens is 3. The topological polar surface area (TPSA) is 94.2 Å². The van der Waals surface area contributed by atoms with Gasteiger partial charge in [-0.15, -0.1) is 0 Å². The maximum atomic E-state index is 15.1. The van der Waals surface area contributed by atoms with E-state index in [0.29, 0.717) is 50.9 Å². The maximum Gasteiger partial charge on any atom is 0.292 e. The lowest BCUT2D eigenvalue weighted by Gasteiger charge is -2.36. The summed E-state index contributed by atoms with van der Waals surface area (Å²) >= 11 is 0. The monoisotopic (exact) mass is 474 g/mol. The maximum absolute atomic E-state index is 15.1. The van der Waals surface area contributed by atoms with E-state index in [1.165, 1.54) is 12.1 Å². The average molecular weight is 474 g/mol. The Labute approximate surface area is 193 Å². The molecule has 4 rings (SSSR count). The molecule has 1 fully saturated rings. The second-order valence-corrected chi connectivity index (χ2v) is 8.38. The number of nitrogens with zero attached hydrogens (tertiary/aromatic N) is 4. The van der Waals surface area contributed by atoms with Crippen molar-refractivity contribution < 1.29 is 18.0 Å². The van der Waals surface area contributed by atoms with Crippen molar-refractivity contribution in [2.24, 2.45) is 0 Å². The number of nitrogens with one attached hydrogen (secondary N) is 2. The Hall–Kier alpha value is -3.47. The Morgan fingerprint density at radius 1 is 1.15 bits per heavy atom. The average Bonchev–Trinajstić information content (AvgIpc) is 2.80. The number of rotatable bonds is 5. The Morgan fingerprint density at radius 2 is 1.85 bits per heavy atom. The number of carbonyl (C=O) groups excluding carboxylic acids is 1. The summed E-state index contributed by atoms with van der Waals surface area (Å²) in [5.74, 6) is -4.33. The molecule has 3 aromatic rings. The summed E-state index contributed by atoms with van der Waals surface area (Å²) in [6.45, 7) is 5.42. The molecular weight excluding hydrogens is 449 g/mol. The number of H-pyrrole nitrogens is 1. The normalized spacial score (nSPS) is 15.1. The van der Waals surface area contributed by atoms with E-state index in [-0.39, 0.29) is 16.9 Å². The van der Waals surface area contributed by atoms with Crippen molar-refractivity contribution in [3.8, 4) is 0 Å². The van der Waals surface area contributed by atoms with E-state index in [4.69, 9.17) is 0 Å². The molecule has 1 aliphatic heterocycles. The van der Waals surface area contributed by atoms with Crippen molar-refractivity contribution in [1.82, 2.24) is 25.2 Å². The number of fused-ring (bicyclic) bond motifs is 1. The van der Waals surface area contributed by atoms with Crippen LogP contribution in [0.4, 0.5) is 18.9 Å². The molecule has 0 atom stereocenters. The summed E-state index contributed by atoms with van der Waals surface area (Å²) in [5, 5.41) is 2.56. The molecule has 1 aromatic carbocycles. The zero-order valence-corrected chi connectivity index (χ0v) is 19.1. The number of pyridine rings is 1. The molecule has 0 spiro atoms. The van der Waals surface area contributed by atoms with Crippen LogP contribution in [0.3, 0.4) is 0 Å². The van der Waals surface area contributed by atoms with Crippen LogP contribution in [0.15, 0.2) is 29.1 Å². The van der Waals surface area contributed by atoms with Gasteiger partial charge in [0.1, 0.15) is 11.2 Å². The van der Waals surface area contributed by atoms with Crippen LogP contribution in [0.1, 0.15) is 34.4 Å². The highest BCUT2D eigenvalue weighted by Gasteiger charge is 2.31. The number of anilines is 1. The molecule has 34 heavy (non-hydrogen) atoms. The van der Waals surface area contributed by atoms with E-state index in [1.54, 1.807) is 13.1 Å².